The molecule has 0 bridgehead atoms. The molecule has 1 unspecified atom stereocenters. The number of nitrogens with zero attached hydrogens (tertiary/aromatic N) is 1. The predicted molar refractivity (Wildman–Crippen MR) is 85.6 cm³/mol. The predicted octanol–water partition coefficient (Wildman–Crippen LogP) is 3.21. The van der Waals surface area contributed by atoms with Gasteiger partial charge in [-0.05, 0) is 45.1 Å². The van der Waals surface area contributed by atoms with Crippen molar-refractivity contribution < 1.29 is 19.1 Å². The van der Waals surface area contributed by atoms with E-state index >= 15 is 0 Å². The van der Waals surface area contributed by atoms with Gasteiger partial charge in [0, 0.05) is 25.1 Å². The van der Waals surface area contributed by atoms with Gasteiger partial charge in [0.15, 0.2) is 0 Å². The summed E-state index contributed by atoms with van der Waals surface area (Å²) in [5.74, 6) is -1.06. The first-order valence-corrected chi connectivity index (χ1v) is 8.08. The standard InChI is InChI=1S/C18H24FNO3/c1-18(2,14-7-3-4-8-15(14)19)17(23)20-11-5-6-13(12-20)9-10-16(21)22/h3-4,7-8,13H,5-6,9-12H2,1-2H3,(H,21,22). The summed E-state index contributed by atoms with van der Waals surface area (Å²) >= 11 is 0. The molecule has 1 fully saturated rings. The largest absolute Gasteiger partial charge is 0.481 e. The van der Waals surface area contributed by atoms with E-state index in [0.717, 1.165) is 12.8 Å². The van der Waals surface area contributed by atoms with Crippen molar-refractivity contribution in [3.8, 4) is 0 Å². The summed E-state index contributed by atoms with van der Waals surface area (Å²) in [5.41, 5.74) is -0.530. The maximum absolute atomic E-state index is 14.1. The summed E-state index contributed by atoms with van der Waals surface area (Å²) in [6.07, 6.45) is 2.52. The monoisotopic (exact) mass is 321 g/mol. The molecule has 5 heteroatoms. The quantitative estimate of drug-likeness (QED) is 0.906. The lowest BCUT2D eigenvalue weighted by Crippen LogP contribution is -2.48. The Bertz CT molecular complexity index is 585. The Balaban J connectivity index is 2.09. The third-order valence-corrected chi connectivity index (χ3v) is 4.65. The molecular weight excluding hydrogens is 297 g/mol. The molecule has 4 nitrogen and oxygen atoms in total. The molecule has 1 aliphatic rings. The van der Waals surface area contributed by atoms with Gasteiger partial charge in [-0.15, -0.1) is 0 Å². The highest BCUT2D eigenvalue weighted by Crippen LogP contribution is 2.30. The second-order valence-electron chi connectivity index (χ2n) is 6.80. The van der Waals surface area contributed by atoms with E-state index in [9.17, 15) is 14.0 Å². The van der Waals surface area contributed by atoms with Crippen LogP contribution in [0.4, 0.5) is 4.39 Å². The van der Waals surface area contributed by atoms with Gasteiger partial charge >= 0.3 is 5.97 Å². The Kier molecular flexibility index (Phi) is 5.39. The zero-order chi connectivity index (χ0) is 17.0. The lowest BCUT2D eigenvalue weighted by molar-refractivity contribution is -0.138. The molecule has 1 N–H and O–H groups in total. The lowest BCUT2D eigenvalue weighted by atomic mass is 9.81. The molecule has 1 aromatic rings. The van der Waals surface area contributed by atoms with E-state index in [1.807, 2.05) is 0 Å². The topological polar surface area (TPSA) is 57.6 Å². The van der Waals surface area contributed by atoms with Crippen LogP contribution in [0.1, 0.15) is 45.1 Å². The van der Waals surface area contributed by atoms with E-state index in [2.05, 4.69) is 0 Å². The summed E-state index contributed by atoms with van der Waals surface area (Å²) in [7, 11) is 0. The first-order valence-electron chi connectivity index (χ1n) is 8.08. The highest BCUT2D eigenvalue weighted by molar-refractivity contribution is 5.87. The fraction of sp³-hybridized carbons (Fsp3) is 0.556. The van der Waals surface area contributed by atoms with E-state index < -0.39 is 11.4 Å². The summed E-state index contributed by atoms with van der Waals surface area (Å²) in [6, 6.07) is 6.37. The van der Waals surface area contributed by atoms with E-state index in [1.54, 1.807) is 36.9 Å². The summed E-state index contributed by atoms with van der Waals surface area (Å²) in [6.45, 7) is 4.70. The molecule has 2 rings (SSSR count). The van der Waals surface area contributed by atoms with Gasteiger partial charge in [0.25, 0.3) is 0 Å². The highest BCUT2D eigenvalue weighted by atomic mass is 19.1. The number of hydrogen-bond donors (Lipinski definition) is 1. The Morgan fingerprint density at radius 2 is 2.04 bits per heavy atom. The zero-order valence-electron chi connectivity index (χ0n) is 13.7. The lowest BCUT2D eigenvalue weighted by Gasteiger charge is -2.38. The van der Waals surface area contributed by atoms with E-state index in [1.165, 1.54) is 6.07 Å². The van der Waals surface area contributed by atoms with Gasteiger partial charge in [-0.3, -0.25) is 9.59 Å². The van der Waals surface area contributed by atoms with Crippen LogP contribution in [0.2, 0.25) is 0 Å². The number of likely N-dealkylation sites (tertiary alicyclic amines) is 1. The van der Waals surface area contributed by atoms with Crippen LogP contribution in [0.15, 0.2) is 24.3 Å². The number of benzene rings is 1. The van der Waals surface area contributed by atoms with Crippen molar-refractivity contribution in [2.24, 2.45) is 5.92 Å². The molecule has 0 spiro atoms. The maximum Gasteiger partial charge on any atom is 0.303 e. The van der Waals surface area contributed by atoms with Gasteiger partial charge < -0.3 is 10.0 Å². The number of hydrogen-bond acceptors (Lipinski definition) is 2. The Morgan fingerprint density at radius 3 is 2.70 bits per heavy atom. The van der Waals surface area contributed by atoms with Crippen molar-refractivity contribution in [1.29, 1.82) is 0 Å². The molecular formula is C18H24FNO3. The summed E-state index contributed by atoms with van der Waals surface area (Å²) in [5, 5.41) is 8.81. The molecule has 126 valence electrons. The molecule has 0 radical (unpaired) electrons. The second-order valence-corrected chi connectivity index (χ2v) is 6.80. The fourth-order valence-corrected chi connectivity index (χ4v) is 3.29. The molecule has 1 aromatic carbocycles. The maximum atomic E-state index is 14.1. The van der Waals surface area contributed by atoms with Crippen molar-refractivity contribution >= 4 is 11.9 Å². The number of halogens is 1. The van der Waals surface area contributed by atoms with Crippen LogP contribution in [0.25, 0.3) is 0 Å². The average Bonchev–Trinajstić information content (AvgIpc) is 2.52. The van der Waals surface area contributed by atoms with Crippen LogP contribution in [0.3, 0.4) is 0 Å². The van der Waals surface area contributed by atoms with E-state index in [0.29, 0.717) is 25.1 Å². The molecule has 1 aliphatic heterocycles. The normalized spacial score (nSPS) is 18.7. The number of aliphatic carboxylic acids is 1. The van der Waals surface area contributed by atoms with Gasteiger partial charge in [-0.2, -0.15) is 0 Å². The number of carboxylic acid groups (broad SMARTS) is 1. The van der Waals surface area contributed by atoms with Crippen molar-refractivity contribution in [3.05, 3.63) is 35.6 Å². The third-order valence-electron chi connectivity index (χ3n) is 4.65. The second kappa shape index (κ2) is 7.11. The van der Waals surface area contributed by atoms with Crippen LogP contribution >= 0.6 is 0 Å². The Labute approximate surface area is 136 Å². The van der Waals surface area contributed by atoms with Crippen molar-refractivity contribution in [1.82, 2.24) is 4.90 Å². The van der Waals surface area contributed by atoms with Gasteiger partial charge in [0.05, 0.1) is 5.41 Å². The van der Waals surface area contributed by atoms with Crippen LogP contribution in [0.5, 0.6) is 0 Å². The SMILES string of the molecule is CC(C)(C(=O)N1CCCC(CCC(=O)O)C1)c1ccccc1F. The van der Waals surface area contributed by atoms with Crippen molar-refractivity contribution in [2.45, 2.75) is 44.9 Å². The van der Waals surface area contributed by atoms with Gasteiger partial charge in [0.1, 0.15) is 5.82 Å². The molecule has 1 amide bonds. The zero-order valence-corrected chi connectivity index (χ0v) is 13.7. The number of carboxylic acids is 1. The molecule has 1 heterocycles. The number of carbonyl (C=O) groups is 2. The van der Waals surface area contributed by atoms with Crippen molar-refractivity contribution in [3.63, 3.8) is 0 Å². The Morgan fingerprint density at radius 1 is 1.35 bits per heavy atom. The minimum atomic E-state index is -0.931. The first kappa shape index (κ1) is 17.4. The highest BCUT2D eigenvalue weighted by Gasteiger charge is 2.37. The van der Waals surface area contributed by atoms with E-state index in [4.69, 9.17) is 5.11 Å². The van der Waals surface area contributed by atoms with E-state index in [-0.39, 0.29) is 24.1 Å². The number of carbonyl (C=O) groups excluding carboxylic acids is 1. The van der Waals surface area contributed by atoms with Crippen LogP contribution in [-0.2, 0) is 15.0 Å². The number of piperidine rings is 1. The van der Waals surface area contributed by atoms with Crippen LogP contribution < -0.4 is 0 Å². The Hall–Kier alpha value is -1.91. The minimum Gasteiger partial charge on any atom is -0.481 e. The molecule has 23 heavy (non-hydrogen) atoms. The molecule has 0 aromatic heterocycles. The van der Waals surface area contributed by atoms with Crippen LogP contribution in [0, 0.1) is 11.7 Å². The molecule has 0 saturated carbocycles. The van der Waals surface area contributed by atoms with Gasteiger partial charge in [0.2, 0.25) is 5.91 Å². The summed E-state index contributed by atoms with van der Waals surface area (Å²) in [4.78, 5) is 25.4. The third kappa shape index (κ3) is 4.09. The van der Waals surface area contributed by atoms with Crippen LogP contribution in [-0.4, -0.2) is 35.0 Å². The smallest absolute Gasteiger partial charge is 0.303 e. The molecule has 0 aliphatic carbocycles. The average molecular weight is 321 g/mol. The number of rotatable bonds is 5. The van der Waals surface area contributed by atoms with Gasteiger partial charge in [-0.25, -0.2) is 4.39 Å². The number of amides is 1. The first-order chi connectivity index (χ1) is 10.8. The fourth-order valence-electron chi connectivity index (χ4n) is 3.29. The molecule has 1 saturated heterocycles. The van der Waals surface area contributed by atoms with Crippen molar-refractivity contribution in [2.75, 3.05) is 13.1 Å². The molecule has 1 atom stereocenters. The summed E-state index contributed by atoms with van der Waals surface area (Å²) < 4.78 is 14.1. The van der Waals surface area contributed by atoms with Gasteiger partial charge in [-0.1, -0.05) is 18.2 Å². The minimum absolute atomic E-state index is 0.0948.